The minimum absolute atomic E-state index is 0.423. The van der Waals surface area contributed by atoms with E-state index in [0.29, 0.717) is 6.04 Å². The van der Waals surface area contributed by atoms with Crippen LogP contribution < -0.4 is 5.32 Å². The molecule has 1 aromatic rings. The van der Waals surface area contributed by atoms with E-state index in [4.69, 9.17) is 11.6 Å². The van der Waals surface area contributed by atoms with Crippen LogP contribution in [-0.2, 0) is 0 Å². The van der Waals surface area contributed by atoms with Gasteiger partial charge in [-0.1, -0.05) is 18.5 Å². The fourth-order valence-corrected chi connectivity index (χ4v) is 2.12. The summed E-state index contributed by atoms with van der Waals surface area (Å²) in [5.41, 5.74) is 2.02. The largest absolute Gasteiger partial charge is 0.312 e. The monoisotopic (exact) mass is 241 g/mol. The number of aryl methyl sites for hydroxylation is 1. The Hall–Kier alpha value is -0.540. The first-order valence-corrected chi connectivity index (χ1v) is 6.45. The minimum Gasteiger partial charge on any atom is -0.312 e. The second kappa shape index (κ2) is 4.76. The number of hydrogen-bond donors (Lipinski definition) is 1. The standard InChI is InChI=1S/C12H20ClN3/c1-4-11(7-14-10-5-6-10)16-9(3)12(13)8(2)15-16/h10-11,14H,4-7H2,1-3H3. The van der Waals surface area contributed by atoms with E-state index in [1.807, 2.05) is 13.8 Å². The normalized spacial score (nSPS) is 17.8. The molecule has 3 nitrogen and oxygen atoms in total. The summed E-state index contributed by atoms with van der Waals surface area (Å²) in [6.07, 6.45) is 3.74. The third-order valence-electron chi connectivity index (χ3n) is 3.27. The highest BCUT2D eigenvalue weighted by molar-refractivity contribution is 6.31. The summed E-state index contributed by atoms with van der Waals surface area (Å²) in [6.45, 7) is 7.21. The van der Waals surface area contributed by atoms with Gasteiger partial charge in [-0.05, 0) is 33.1 Å². The Labute approximate surface area is 102 Å². The zero-order valence-electron chi connectivity index (χ0n) is 10.3. The predicted octanol–water partition coefficient (Wildman–Crippen LogP) is 2.86. The Morgan fingerprint density at radius 2 is 2.19 bits per heavy atom. The summed E-state index contributed by atoms with van der Waals surface area (Å²) >= 11 is 6.17. The molecule has 1 N–H and O–H groups in total. The molecular formula is C12H20ClN3. The van der Waals surface area contributed by atoms with Gasteiger partial charge >= 0.3 is 0 Å². The molecule has 0 saturated heterocycles. The predicted molar refractivity (Wildman–Crippen MR) is 67.1 cm³/mol. The van der Waals surface area contributed by atoms with Crippen molar-refractivity contribution in [1.82, 2.24) is 15.1 Å². The fourth-order valence-electron chi connectivity index (χ4n) is 1.99. The van der Waals surface area contributed by atoms with Crippen molar-refractivity contribution in [1.29, 1.82) is 0 Å². The maximum absolute atomic E-state index is 6.17. The van der Waals surface area contributed by atoms with Gasteiger partial charge in [0.05, 0.1) is 22.5 Å². The first-order valence-electron chi connectivity index (χ1n) is 6.08. The number of hydrogen-bond acceptors (Lipinski definition) is 2. The molecule has 0 radical (unpaired) electrons. The van der Waals surface area contributed by atoms with E-state index < -0.39 is 0 Å². The van der Waals surface area contributed by atoms with Crippen molar-refractivity contribution in [3.05, 3.63) is 16.4 Å². The molecule has 4 heteroatoms. The first-order chi connectivity index (χ1) is 7.63. The number of aromatic nitrogens is 2. The number of rotatable bonds is 5. The molecule has 0 spiro atoms. The van der Waals surface area contributed by atoms with Crippen LogP contribution in [0, 0.1) is 13.8 Å². The second-order valence-corrected chi connectivity index (χ2v) is 5.05. The van der Waals surface area contributed by atoms with E-state index in [0.717, 1.165) is 35.4 Å². The molecule has 2 rings (SSSR count). The third kappa shape index (κ3) is 2.41. The van der Waals surface area contributed by atoms with Crippen LogP contribution in [0.4, 0.5) is 0 Å². The van der Waals surface area contributed by atoms with Gasteiger partial charge in [0, 0.05) is 12.6 Å². The molecule has 0 aliphatic heterocycles. The molecule has 16 heavy (non-hydrogen) atoms. The number of nitrogens with one attached hydrogen (secondary N) is 1. The van der Waals surface area contributed by atoms with Crippen molar-refractivity contribution >= 4 is 11.6 Å². The minimum atomic E-state index is 0.423. The average Bonchev–Trinajstić information content (AvgIpc) is 3.05. The highest BCUT2D eigenvalue weighted by Gasteiger charge is 2.23. The molecule has 0 aromatic carbocycles. The molecule has 0 bridgehead atoms. The van der Waals surface area contributed by atoms with Crippen LogP contribution in [0.25, 0.3) is 0 Å². The zero-order valence-corrected chi connectivity index (χ0v) is 11.0. The van der Waals surface area contributed by atoms with Gasteiger partial charge in [-0.15, -0.1) is 0 Å². The molecule has 1 aromatic heterocycles. The maximum Gasteiger partial charge on any atom is 0.0844 e. The van der Waals surface area contributed by atoms with E-state index in [2.05, 4.69) is 22.0 Å². The molecule has 1 fully saturated rings. The highest BCUT2D eigenvalue weighted by atomic mass is 35.5. The molecule has 90 valence electrons. The molecule has 1 aliphatic rings. The lowest BCUT2D eigenvalue weighted by atomic mass is 10.2. The van der Waals surface area contributed by atoms with Gasteiger partial charge in [0.2, 0.25) is 0 Å². The van der Waals surface area contributed by atoms with Crippen LogP contribution in [-0.4, -0.2) is 22.4 Å². The van der Waals surface area contributed by atoms with Crippen molar-refractivity contribution in [2.45, 2.75) is 52.1 Å². The van der Waals surface area contributed by atoms with E-state index in [1.54, 1.807) is 0 Å². The number of nitrogens with zero attached hydrogens (tertiary/aromatic N) is 2. The van der Waals surface area contributed by atoms with Gasteiger partial charge in [0.15, 0.2) is 0 Å². The lowest BCUT2D eigenvalue weighted by molar-refractivity contribution is 0.402. The second-order valence-electron chi connectivity index (χ2n) is 4.67. The van der Waals surface area contributed by atoms with Gasteiger partial charge < -0.3 is 5.32 Å². The maximum atomic E-state index is 6.17. The quantitative estimate of drug-likeness (QED) is 0.859. The third-order valence-corrected chi connectivity index (χ3v) is 3.82. The van der Waals surface area contributed by atoms with Crippen LogP contribution in [0.2, 0.25) is 5.02 Å². The Morgan fingerprint density at radius 3 is 2.62 bits per heavy atom. The lowest BCUT2D eigenvalue weighted by Gasteiger charge is -2.18. The van der Waals surface area contributed by atoms with Crippen molar-refractivity contribution in [2.24, 2.45) is 0 Å². The van der Waals surface area contributed by atoms with Crippen molar-refractivity contribution in [3.63, 3.8) is 0 Å². The summed E-state index contributed by atoms with van der Waals surface area (Å²) < 4.78 is 2.08. The summed E-state index contributed by atoms with van der Waals surface area (Å²) in [5.74, 6) is 0. The summed E-state index contributed by atoms with van der Waals surface area (Å²) in [5, 5.41) is 8.89. The van der Waals surface area contributed by atoms with Gasteiger partial charge in [0.1, 0.15) is 0 Å². The van der Waals surface area contributed by atoms with Crippen molar-refractivity contribution in [3.8, 4) is 0 Å². The molecular weight excluding hydrogens is 222 g/mol. The smallest absolute Gasteiger partial charge is 0.0844 e. The topological polar surface area (TPSA) is 29.9 Å². The SMILES string of the molecule is CCC(CNC1CC1)n1nc(C)c(Cl)c1C. The van der Waals surface area contributed by atoms with Gasteiger partial charge in [-0.3, -0.25) is 4.68 Å². The van der Waals surface area contributed by atoms with Crippen LogP contribution in [0.15, 0.2) is 0 Å². The molecule has 1 saturated carbocycles. The van der Waals surface area contributed by atoms with Gasteiger partial charge in [0.25, 0.3) is 0 Å². The Balaban J connectivity index is 2.08. The van der Waals surface area contributed by atoms with E-state index >= 15 is 0 Å². The average molecular weight is 242 g/mol. The lowest BCUT2D eigenvalue weighted by Crippen LogP contribution is -2.27. The van der Waals surface area contributed by atoms with Gasteiger partial charge in [-0.2, -0.15) is 5.10 Å². The summed E-state index contributed by atoms with van der Waals surface area (Å²) in [7, 11) is 0. The van der Waals surface area contributed by atoms with E-state index in [1.165, 1.54) is 12.8 Å². The zero-order chi connectivity index (χ0) is 11.7. The van der Waals surface area contributed by atoms with Crippen LogP contribution in [0.1, 0.15) is 43.6 Å². The van der Waals surface area contributed by atoms with Crippen LogP contribution in [0.5, 0.6) is 0 Å². The van der Waals surface area contributed by atoms with E-state index in [-0.39, 0.29) is 0 Å². The Morgan fingerprint density at radius 1 is 1.50 bits per heavy atom. The van der Waals surface area contributed by atoms with Gasteiger partial charge in [-0.25, -0.2) is 0 Å². The fraction of sp³-hybridized carbons (Fsp3) is 0.750. The van der Waals surface area contributed by atoms with Crippen LogP contribution in [0.3, 0.4) is 0 Å². The summed E-state index contributed by atoms with van der Waals surface area (Å²) in [4.78, 5) is 0. The van der Waals surface area contributed by atoms with Crippen molar-refractivity contribution in [2.75, 3.05) is 6.54 Å². The van der Waals surface area contributed by atoms with E-state index in [9.17, 15) is 0 Å². The highest BCUT2D eigenvalue weighted by Crippen LogP contribution is 2.24. The molecule has 1 aliphatic carbocycles. The van der Waals surface area contributed by atoms with Crippen molar-refractivity contribution < 1.29 is 0 Å². The first kappa shape index (κ1) is 11.9. The number of halogens is 1. The molecule has 1 heterocycles. The Kier molecular flexibility index (Phi) is 3.55. The molecule has 1 atom stereocenters. The summed E-state index contributed by atoms with van der Waals surface area (Å²) in [6, 6.07) is 1.17. The Bertz CT molecular complexity index is 369. The molecule has 1 unspecified atom stereocenters. The molecule has 0 amide bonds. The van der Waals surface area contributed by atoms with Crippen LogP contribution >= 0.6 is 11.6 Å².